The Morgan fingerprint density at radius 3 is 3.04 bits per heavy atom. The molecule has 0 radical (unpaired) electrons. The van der Waals surface area contributed by atoms with Gasteiger partial charge in [0.25, 0.3) is 0 Å². The molecular weight excluding hydrogens is 354 g/mol. The highest BCUT2D eigenvalue weighted by molar-refractivity contribution is 7.16. The van der Waals surface area contributed by atoms with E-state index in [1.807, 2.05) is 24.3 Å². The monoisotopic (exact) mass is 375 g/mol. The average molecular weight is 375 g/mol. The molecule has 2 aromatic heterocycles. The van der Waals surface area contributed by atoms with Crippen LogP contribution in [0.2, 0.25) is 0 Å². The maximum absolute atomic E-state index is 12.2. The van der Waals surface area contributed by atoms with Crippen LogP contribution in [0.1, 0.15) is 37.3 Å². The predicted molar refractivity (Wildman–Crippen MR) is 98.2 cm³/mol. The van der Waals surface area contributed by atoms with Crippen LogP contribution < -0.4 is 4.87 Å². The molecule has 1 saturated heterocycles. The van der Waals surface area contributed by atoms with Gasteiger partial charge in [0.1, 0.15) is 12.3 Å². The predicted octanol–water partition coefficient (Wildman–Crippen LogP) is 2.43. The number of aromatic nitrogens is 3. The summed E-state index contributed by atoms with van der Waals surface area (Å²) in [6, 6.07) is 7.36. The van der Waals surface area contributed by atoms with Gasteiger partial charge in [-0.1, -0.05) is 17.4 Å². The molecule has 1 aliphatic heterocycles. The minimum absolute atomic E-state index is 0.0805. The second-order valence-corrected chi connectivity index (χ2v) is 7.59. The van der Waals surface area contributed by atoms with Crippen molar-refractivity contribution in [3.05, 3.63) is 51.4 Å². The van der Waals surface area contributed by atoms with Crippen LogP contribution in [0.3, 0.4) is 0 Å². The smallest absolute Gasteiger partial charge is 0.310 e. The maximum atomic E-state index is 12.2. The molecule has 3 heterocycles. The van der Waals surface area contributed by atoms with Crippen LogP contribution in [0.5, 0.6) is 0 Å². The van der Waals surface area contributed by atoms with Crippen molar-refractivity contribution in [2.24, 2.45) is 0 Å². The van der Waals surface area contributed by atoms with Crippen LogP contribution in [0.25, 0.3) is 10.2 Å². The summed E-state index contributed by atoms with van der Waals surface area (Å²) in [5.74, 6) is 0. The Balaban J connectivity index is 1.77. The molecule has 1 fully saturated rings. The van der Waals surface area contributed by atoms with Crippen molar-refractivity contribution in [2.75, 3.05) is 13.7 Å². The van der Waals surface area contributed by atoms with E-state index in [0.29, 0.717) is 17.9 Å². The van der Waals surface area contributed by atoms with E-state index in [9.17, 15) is 9.90 Å². The SMILES string of the molecule is COCn1c(=O)sc2cc(C(C)(O)c3ccnn3C3CCCO3)ccc21. The van der Waals surface area contributed by atoms with E-state index in [-0.39, 0.29) is 17.8 Å². The molecule has 7 nitrogen and oxygen atoms in total. The van der Waals surface area contributed by atoms with E-state index < -0.39 is 5.60 Å². The third-order valence-electron chi connectivity index (χ3n) is 4.84. The first kappa shape index (κ1) is 17.4. The summed E-state index contributed by atoms with van der Waals surface area (Å²) in [7, 11) is 1.56. The quantitative estimate of drug-likeness (QED) is 0.741. The number of nitrogens with zero attached hydrogens (tertiary/aromatic N) is 3. The lowest BCUT2D eigenvalue weighted by Crippen LogP contribution is -2.28. The zero-order valence-electron chi connectivity index (χ0n) is 14.7. The summed E-state index contributed by atoms with van der Waals surface area (Å²) >= 11 is 1.14. The first-order valence-corrected chi connectivity index (χ1v) is 9.35. The number of methoxy groups -OCH3 is 1. The van der Waals surface area contributed by atoms with Crippen molar-refractivity contribution in [3.8, 4) is 0 Å². The van der Waals surface area contributed by atoms with Crippen LogP contribution in [-0.4, -0.2) is 33.2 Å². The zero-order chi connectivity index (χ0) is 18.3. The molecule has 138 valence electrons. The molecule has 3 aromatic rings. The average Bonchev–Trinajstić information content (AvgIpc) is 3.34. The summed E-state index contributed by atoms with van der Waals surface area (Å²) < 4.78 is 15.0. The van der Waals surface area contributed by atoms with Crippen molar-refractivity contribution >= 4 is 21.6 Å². The van der Waals surface area contributed by atoms with E-state index in [1.54, 1.807) is 29.5 Å². The fourth-order valence-corrected chi connectivity index (χ4v) is 4.37. The minimum atomic E-state index is -1.25. The largest absolute Gasteiger partial charge is 0.379 e. The van der Waals surface area contributed by atoms with Gasteiger partial charge in [-0.3, -0.25) is 9.36 Å². The lowest BCUT2D eigenvalue weighted by Gasteiger charge is -2.27. The first-order chi connectivity index (χ1) is 12.5. The van der Waals surface area contributed by atoms with Crippen molar-refractivity contribution in [1.82, 2.24) is 14.3 Å². The second-order valence-electron chi connectivity index (χ2n) is 6.60. The molecule has 4 rings (SSSR count). The highest BCUT2D eigenvalue weighted by Gasteiger charge is 2.33. The number of rotatable bonds is 5. The zero-order valence-corrected chi connectivity index (χ0v) is 15.5. The summed E-state index contributed by atoms with van der Waals surface area (Å²) in [4.78, 5) is 12.1. The number of fused-ring (bicyclic) bond motifs is 1. The van der Waals surface area contributed by atoms with E-state index in [2.05, 4.69) is 5.10 Å². The molecule has 8 heteroatoms. The number of benzene rings is 1. The van der Waals surface area contributed by atoms with Gasteiger partial charge in [-0.05, 0) is 43.5 Å². The molecule has 1 aliphatic rings. The molecule has 1 aromatic carbocycles. The molecule has 0 amide bonds. The fraction of sp³-hybridized carbons (Fsp3) is 0.444. The van der Waals surface area contributed by atoms with Gasteiger partial charge < -0.3 is 14.6 Å². The van der Waals surface area contributed by atoms with Crippen molar-refractivity contribution < 1.29 is 14.6 Å². The van der Waals surface area contributed by atoms with Gasteiger partial charge in [-0.25, -0.2) is 4.68 Å². The van der Waals surface area contributed by atoms with Gasteiger partial charge in [0, 0.05) is 19.9 Å². The Bertz CT molecular complexity index is 982. The Hall–Kier alpha value is -2.00. The standard InChI is InChI=1S/C18H21N3O4S/c1-18(23,15-7-8-19-21(15)16-4-3-9-25-16)12-5-6-13-14(10-12)26-17(22)20(13)11-24-2/h5-8,10,16,23H,3-4,9,11H2,1-2H3. The summed E-state index contributed by atoms with van der Waals surface area (Å²) in [6.07, 6.45) is 3.40. The lowest BCUT2D eigenvalue weighted by molar-refractivity contribution is 0.0252. The van der Waals surface area contributed by atoms with Gasteiger partial charge in [0.05, 0.1) is 15.9 Å². The van der Waals surface area contributed by atoms with Crippen molar-refractivity contribution in [1.29, 1.82) is 0 Å². The molecule has 0 bridgehead atoms. The summed E-state index contributed by atoms with van der Waals surface area (Å²) in [6.45, 7) is 2.66. The minimum Gasteiger partial charge on any atom is -0.379 e. The van der Waals surface area contributed by atoms with Gasteiger partial charge in [0.2, 0.25) is 0 Å². The van der Waals surface area contributed by atoms with E-state index in [4.69, 9.17) is 9.47 Å². The van der Waals surface area contributed by atoms with Crippen LogP contribution in [0.4, 0.5) is 0 Å². The highest BCUT2D eigenvalue weighted by atomic mass is 32.1. The normalized spacial score (nSPS) is 19.9. The molecule has 0 saturated carbocycles. The topological polar surface area (TPSA) is 78.5 Å². The lowest BCUT2D eigenvalue weighted by atomic mass is 9.92. The summed E-state index contributed by atoms with van der Waals surface area (Å²) in [5.41, 5.74) is 0.924. The van der Waals surface area contributed by atoms with Gasteiger partial charge in [-0.2, -0.15) is 5.10 Å². The Morgan fingerprint density at radius 2 is 2.31 bits per heavy atom. The third kappa shape index (κ3) is 2.79. The van der Waals surface area contributed by atoms with Crippen molar-refractivity contribution in [2.45, 2.75) is 38.3 Å². The highest BCUT2D eigenvalue weighted by Crippen LogP contribution is 2.34. The van der Waals surface area contributed by atoms with Crippen LogP contribution >= 0.6 is 11.3 Å². The number of thiazole rings is 1. The Kier molecular flexibility index (Phi) is 4.44. The second kappa shape index (κ2) is 6.62. The van der Waals surface area contributed by atoms with E-state index in [0.717, 1.165) is 34.4 Å². The summed E-state index contributed by atoms with van der Waals surface area (Å²) in [5, 5.41) is 15.7. The van der Waals surface area contributed by atoms with Crippen molar-refractivity contribution in [3.63, 3.8) is 0 Å². The molecule has 2 unspecified atom stereocenters. The number of aliphatic hydroxyl groups is 1. The third-order valence-corrected chi connectivity index (χ3v) is 5.78. The molecule has 26 heavy (non-hydrogen) atoms. The van der Waals surface area contributed by atoms with Crippen LogP contribution in [0, 0.1) is 0 Å². The van der Waals surface area contributed by atoms with Gasteiger partial charge in [0.15, 0.2) is 6.23 Å². The fourth-order valence-electron chi connectivity index (χ4n) is 3.45. The first-order valence-electron chi connectivity index (χ1n) is 8.53. The van der Waals surface area contributed by atoms with Gasteiger partial charge >= 0.3 is 4.87 Å². The Morgan fingerprint density at radius 1 is 1.46 bits per heavy atom. The number of hydrogen-bond donors (Lipinski definition) is 1. The molecular formula is C18H21N3O4S. The van der Waals surface area contributed by atoms with Crippen LogP contribution in [0.15, 0.2) is 35.3 Å². The molecule has 0 aliphatic carbocycles. The van der Waals surface area contributed by atoms with Gasteiger partial charge in [-0.15, -0.1) is 0 Å². The molecule has 2 atom stereocenters. The number of hydrogen-bond acceptors (Lipinski definition) is 6. The van der Waals surface area contributed by atoms with E-state index in [1.165, 1.54) is 0 Å². The van der Waals surface area contributed by atoms with Crippen LogP contribution in [-0.2, 0) is 21.8 Å². The molecule has 0 spiro atoms. The Labute approximate surface area is 154 Å². The van der Waals surface area contributed by atoms with E-state index >= 15 is 0 Å². The maximum Gasteiger partial charge on any atom is 0.310 e. The number of ether oxygens (including phenoxy) is 2. The molecule has 1 N–H and O–H groups in total.